The zero-order valence-corrected chi connectivity index (χ0v) is 20.8. The fraction of sp³-hybridized carbons (Fsp3) is 0.300. The Labute approximate surface area is 197 Å². The van der Waals surface area contributed by atoms with Crippen molar-refractivity contribution in [3.8, 4) is 0 Å². The number of fused-ring (bicyclic) bond motifs is 1. The summed E-state index contributed by atoms with van der Waals surface area (Å²) in [6, 6.07) is 11.4. The van der Waals surface area contributed by atoms with Crippen LogP contribution in [0.25, 0.3) is 10.2 Å². The topological polar surface area (TPSA) is 73.8 Å². The number of anilines is 1. The van der Waals surface area contributed by atoms with Gasteiger partial charge in [-0.15, -0.1) is 12.4 Å². The van der Waals surface area contributed by atoms with Crippen molar-refractivity contribution < 1.29 is 13.2 Å². The molecule has 1 aromatic heterocycles. The number of sulfonamides is 1. The molecule has 1 amide bonds. The van der Waals surface area contributed by atoms with Crippen molar-refractivity contribution in [2.24, 2.45) is 0 Å². The van der Waals surface area contributed by atoms with Gasteiger partial charge in [-0.05, 0) is 56.6 Å². The van der Waals surface area contributed by atoms with Crippen molar-refractivity contribution in [1.82, 2.24) is 14.2 Å². The number of hydrogen-bond acceptors (Lipinski definition) is 6. The van der Waals surface area contributed by atoms with E-state index in [1.807, 2.05) is 31.1 Å². The number of carbonyl (C=O) groups excluding carboxylic acids is 1. The summed E-state index contributed by atoms with van der Waals surface area (Å²) in [5.74, 6) is -0.240. The molecule has 0 atom stereocenters. The van der Waals surface area contributed by atoms with Crippen molar-refractivity contribution in [3.63, 3.8) is 0 Å². The summed E-state index contributed by atoms with van der Waals surface area (Å²) >= 11 is 7.48. The number of hydrogen-bond donors (Lipinski definition) is 0. The van der Waals surface area contributed by atoms with E-state index in [-0.39, 0.29) is 23.2 Å². The van der Waals surface area contributed by atoms with E-state index in [2.05, 4.69) is 4.98 Å². The first-order valence-electron chi connectivity index (χ1n) is 9.15. The number of benzene rings is 2. The highest BCUT2D eigenvalue weighted by molar-refractivity contribution is 7.89. The Morgan fingerprint density at radius 2 is 1.68 bits per heavy atom. The molecule has 0 fully saturated rings. The summed E-state index contributed by atoms with van der Waals surface area (Å²) in [6.45, 7) is 1.09. The Balaban J connectivity index is 0.00000341. The minimum Gasteiger partial charge on any atom is -0.308 e. The second-order valence-corrected chi connectivity index (χ2v) is 10.8. The lowest BCUT2D eigenvalue weighted by Gasteiger charge is -2.22. The van der Waals surface area contributed by atoms with Crippen LogP contribution in [-0.2, 0) is 10.0 Å². The van der Waals surface area contributed by atoms with Crippen molar-refractivity contribution in [3.05, 3.63) is 53.1 Å². The maximum Gasteiger partial charge on any atom is 0.260 e. The molecule has 31 heavy (non-hydrogen) atoms. The van der Waals surface area contributed by atoms with Crippen LogP contribution in [0.5, 0.6) is 0 Å². The highest BCUT2D eigenvalue weighted by Crippen LogP contribution is 2.31. The standard InChI is InChI=1S/C20H23ClN4O3S2.ClH/c1-23(2)11-12-25(20-22-17-10-7-15(21)13-18(17)29-20)19(26)14-5-8-16(9-6-14)30(27,28)24(3)4;/h5-10,13H,11-12H2,1-4H3;1H. The molecule has 3 aromatic rings. The minimum absolute atomic E-state index is 0. The van der Waals surface area contributed by atoms with Gasteiger partial charge in [0.2, 0.25) is 10.0 Å². The van der Waals surface area contributed by atoms with Crippen LogP contribution in [0.4, 0.5) is 5.13 Å². The Hall–Kier alpha value is -1.75. The minimum atomic E-state index is -3.56. The van der Waals surface area contributed by atoms with Gasteiger partial charge in [0.15, 0.2) is 5.13 Å². The van der Waals surface area contributed by atoms with Crippen LogP contribution >= 0.6 is 35.3 Å². The van der Waals surface area contributed by atoms with Gasteiger partial charge in [-0.2, -0.15) is 0 Å². The molecule has 0 unspecified atom stereocenters. The number of halogens is 2. The smallest absolute Gasteiger partial charge is 0.260 e. The van der Waals surface area contributed by atoms with Crippen LogP contribution in [0.1, 0.15) is 10.4 Å². The molecular formula is C20H24Cl2N4O3S2. The zero-order chi connectivity index (χ0) is 22.1. The van der Waals surface area contributed by atoms with Crippen LogP contribution in [-0.4, -0.2) is 69.8 Å². The van der Waals surface area contributed by atoms with E-state index in [4.69, 9.17) is 11.6 Å². The fourth-order valence-electron chi connectivity index (χ4n) is 2.72. The molecule has 0 radical (unpaired) electrons. The number of amides is 1. The first kappa shape index (κ1) is 25.5. The lowest BCUT2D eigenvalue weighted by Crippen LogP contribution is -2.36. The molecule has 0 spiro atoms. The molecular weight excluding hydrogens is 479 g/mol. The number of carbonyl (C=O) groups is 1. The average Bonchev–Trinajstić information content (AvgIpc) is 3.10. The average molecular weight is 503 g/mol. The number of thiazole rings is 1. The molecule has 2 aromatic carbocycles. The largest absolute Gasteiger partial charge is 0.308 e. The van der Waals surface area contributed by atoms with E-state index in [0.717, 1.165) is 14.5 Å². The van der Waals surface area contributed by atoms with Gasteiger partial charge in [0.05, 0.1) is 15.1 Å². The predicted octanol–water partition coefficient (Wildman–Crippen LogP) is 3.83. The summed E-state index contributed by atoms with van der Waals surface area (Å²) in [4.78, 5) is 21.6. The van der Waals surface area contributed by atoms with E-state index in [1.165, 1.54) is 49.7 Å². The fourth-order valence-corrected chi connectivity index (χ4v) is 4.89. The number of aromatic nitrogens is 1. The third-order valence-electron chi connectivity index (χ3n) is 4.47. The highest BCUT2D eigenvalue weighted by atomic mass is 35.5. The van der Waals surface area contributed by atoms with Gasteiger partial charge < -0.3 is 4.90 Å². The van der Waals surface area contributed by atoms with Crippen LogP contribution in [0.3, 0.4) is 0 Å². The predicted molar refractivity (Wildman–Crippen MR) is 129 cm³/mol. The third-order valence-corrected chi connectivity index (χ3v) is 7.57. The second-order valence-electron chi connectivity index (χ2n) is 7.18. The van der Waals surface area contributed by atoms with E-state index < -0.39 is 10.0 Å². The second kappa shape index (κ2) is 10.2. The molecule has 11 heteroatoms. The van der Waals surface area contributed by atoms with E-state index in [0.29, 0.717) is 28.8 Å². The summed E-state index contributed by atoms with van der Waals surface area (Å²) in [5.41, 5.74) is 1.17. The van der Waals surface area contributed by atoms with E-state index >= 15 is 0 Å². The molecule has 0 saturated carbocycles. The maximum absolute atomic E-state index is 13.3. The van der Waals surface area contributed by atoms with Gasteiger partial charge in [0, 0.05) is 37.8 Å². The number of rotatable bonds is 7. The van der Waals surface area contributed by atoms with Crippen molar-refractivity contribution in [2.75, 3.05) is 46.2 Å². The quantitative estimate of drug-likeness (QED) is 0.490. The lowest BCUT2D eigenvalue weighted by atomic mass is 10.2. The van der Waals surface area contributed by atoms with Crippen molar-refractivity contribution >= 4 is 66.6 Å². The van der Waals surface area contributed by atoms with E-state index in [9.17, 15) is 13.2 Å². The number of nitrogens with zero attached hydrogens (tertiary/aromatic N) is 4. The van der Waals surface area contributed by atoms with Gasteiger partial charge in [0.25, 0.3) is 5.91 Å². The highest BCUT2D eigenvalue weighted by Gasteiger charge is 2.23. The normalized spacial score (nSPS) is 11.7. The zero-order valence-electron chi connectivity index (χ0n) is 17.6. The Bertz CT molecular complexity index is 1160. The maximum atomic E-state index is 13.3. The van der Waals surface area contributed by atoms with Crippen molar-refractivity contribution in [1.29, 1.82) is 0 Å². The van der Waals surface area contributed by atoms with Crippen LogP contribution in [0.15, 0.2) is 47.4 Å². The molecule has 0 N–H and O–H groups in total. The van der Waals surface area contributed by atoms with Gasteiger partial charge >= 0.3 is 0 Å². The molecule has 3 rings (SSSR count). The summed E-state index contributed by atoms with van der Waals surface area (Å²) in [7, 11) is 3.25. The van der Waals surface area contributed by atoms with Gasteiger partial charge in [-0.1, -0.05) is 22.9 Å². The molecule has 0 bridgehead atoms. The molecule has 168 valence electrons. The first-order chi connectivity index (χ1) is 14.1. The van der Waals surface area contributed by atoms with Crippen molar-refractivity contribution in [2.45, 2.75) is 4.90 Å². The number of likely N-dealkylation sites (N-methyl/N-ethyl adjacent to an activating group) is 1. The van der Waals surface area contributed by atoms with Gasteiger partial charge in [-0.25, -0.2) is 17.7 Å². The molecule has 0 aliphatic rings. The third kappa shape index (κ3) is 5.74. The van der Waals surface area contributed by atoms with Crippen LogP contribution < -0.4 is 4.90 Å². The Morgan fingerprint density at radius 1 is 1.03 bits per heavy atom. The molecule has 0 aliphatic carbocycles. The van der Waals surface area contributed by atoms with Gasteiger partial charge in [-0.3, -0.25) is 9.69 Å². The van der Waals surface area contributed by atoms with Crippen LogP contribution in [0, 0.1) is 0 Å². The molecule has 1 heterocycles. The van der Waals surface area contributed by atoms with Gasteiger partial charge in [0.1, 0.15) is 0 Å². The SMILES string of the molecule is CN(C)CCN(C(=O)c1ccc(S(=O)(=O)N(C)C)cc1)c1nc2ccc(Cl)cc2s1.Cl. The monoisotopic (exact) mass is 502 g/mol. The Morgan fingerprint density at radius 3 is 2.26 bits per heavy atom. The summed E-state index contributed by atoms with van der Waals surface area (Å²) in [5, 5.41) is 1.19. The summed E-state index contributed by atoms with van der Waals surface area (Å²) in [6.07, 6.45) is 0. The first-order valence-corrected chi connectivity index (χ1v) is 11.8. The molecule has 0 saturated heterocycles. The molecule has 7 nitrogen and oxygen atoms in total. The van der Waals surface area contributed by atoms with E-state index in [1.54, 1.807) is 11.0 Å². The van der Waals surface area contributed by atoms with Crippen LogP contribution in [0.2, 0.25) is 5.02 Å². The summed E-state index contributed by atoms with van der Waals surface area (Å²) < 4.78 is 26.6. The molecule has 0 aliphatic heterocycles. The Kier molecular flexibility index (Phi) is 8.43. The lowest BCUT2D eigenvalue weighted by molar-refractivity contribution is 0.0985.